The van der Waals surface area contributed by atoms with Gasteiger partial charge in [0.1, 0.15) is 12.4 Å². The SMILES string of the molecule is CC#CC1(COc2ccc3c(CCC4CCN(Cc5ccccc5)CC4)noc3c2CN(C)C)CC1.Cl.Cl. The van der Waals surface area contributed by atoms with E-state index in [2.05, 4.69) is 83.4 Å². The lowest BCUT2D eigenvalue weighted by Crippen LogP contribution is -2.33. The van der Waals surface area contributed by atoms with Crippen molar-refractivity contribution < 1.29 is 9.26 Å². The first-order valence-electron chi connectivity index (χ1n) is 13.4. The van der Waals surface area contributed by atoms with Gasteiger partial charge < -0.3 is 14.2 Å². The third-order valence-corrected chi connectivity index (χ3v) is 7.74. The molecule has 0 amide bonds. The van der Waals surface area contributed by atoms with Crippen LogP contribution < -0.4 is 4.74 Å². The molecule has 1 aliphatic heterocycles. The number of hydrogen-bond acceptors (Lipinski definition) is 5. The topological polar surface area (TPSA) is 41.7 Å². The maximum Gasteiger partial charge on any atom is 0.175 e. The Morgan fingerprint density at radius 3 is 2.47 bits per heavy atom. The van der Waals surface area contributed by atoms with Gasteiger partial charge in [0.05, 0.1) is 16.7 Å². The van der Waals surface area contributed by atoms with Gasteiger partial charge in [0.15, 0.2) is 5.58 Å². The van der Waals surface area contributed by atoms with E-state index in [0.717, 1.165) is 66.2 Å². The predicted molar refractivity (Wildman–Crippen MR) is 159 cm³/mol. The summed E-state index contributed by atoms with van der Waals surface area (Å²) >= 11 is 0. The number of aryl methyl sites for hydroxylation is 1. The molecule has 7 heteroatoms. The third-order valence-electron chi connectivity index (χ3n) is 7.74. The number of nitrogens with zero attached hydrogens (tertiary/aromatic N) is 3. The Hall–Kier alpha value is -2.23. The fourth-order valence-corrected chi connectivity index (χ4v) is 5.43. The fourth-order valence-electron chi connectivity index (χ4n) is 5.43. The van der Waals surface area contributed by atoms with Gasteiger partial charge in [-0.15, -0.1) is 30.7 Å². The summed E-state index contributed by atoms with van der Waals surface area (Å²) in [6.07, 6.45) is 6.89. The van der Waals surface area contributed by atoms with Gasteiger partial charge in [0, 0.05) is 18.5 Å². The average Bonchev–Trinajstić information content (AvgIpc) is 3.52. The number of likely N-dealkylation sites (tertiary alicyclic amines) is 1. The second-order valence-electron chi connectivity index (χ2n) is 11.0. The molecule has 0 spiro atoms. The van der Waals surface area contributed by atoms with Gasteiger partial charge in [-0.25, -0.2) is 0 Å². The Morgan fingerprint density at radius 1 is 1.08 bits per heavy atom. The van der Waals surface area contributed by atoms with Crippen LogP contribution in [0.4, 0.5) is 0 Å². The van der Waals surface area contributed by atoms with Crippen LogP contribution in [0.15, 0.2) is 47.0 Å². The average molecular weight is 559 g/mol. The van der Waals surface area contributed by atoms with E-state index in [1.54, 1.807) is 0 Å². The highest BCUT2D eigenvalue weighted by atomic mass is 35.5. The van der Waals surface area contributed by atoms with Crippen LogP contribution in [0.1, 0.15) is 55.8 Å². The van der Waals surface area contributed by atoms with Gasteiger partial charge in [-0.3, -0.25) is 4.90 Å². The van der Waals surface area contributed by atoms with E-state index in [0.29, 0.717) is 6.61 Å². The fraction of sp³-hybridized carbons (Fsp3) is 0.516. The summed E-state index contributed by atoms with van der Waals surface area (Å²) in [4.78, 5) is 4.75. The number of hydrogen-bond donors (Lipinski definition) is 0. The van der Waals surface area contributed by atoms with Gasteiger partial charge in [-0.2, -0.15) is 0 Å². The minimum Gasteiger partial charge on any atom is -0.492 e. The molecule has 0 radical (unpaired) electrons. The highest BCUT2D eigenvalue weighted by Crippen LogP contribution is 2.45. The molecule has 0 N–H and O–H groups in total. The Kier molecular flexibility index (Phi) is 10.9. The number of ether oxygens (including phenoxy) is 1. The lowest BCUT2D eigenvalue weighted by molar-refractivity contribution is 0.172. The first-order valence-corrected chi connectivity index (χ1v) is 13.4. The van der Waals surface area contributed by atoms with Crippen LogP contribution in [-0.4, -0.2) is 48.7 Å². The largest absolute Gasteiger partial charge is 0.492 e. The molecule has 1 saturated heterocycles. The lowest BCUT2D eigenvalue weighted by Gasteiger charge is -2.32. The normalized spacial score (nSPS) is 16.8. The van der Waals surface area contributed by atoms with Crippen molar-refractivity contribution in [3.8, 4) is 17.6 Å². The Bertz CT molecular complexity index is 1220. The summed E-state index contributed by atoms with van der Waals surface area (Å²) in [5, 5.41) is 5.66. The molecule has 0 atom stereocenters. The number of halogens is 2. The third kappa shape index (κ3) is 7.45. The molecule has 2 aromatic carbocycles. The van der Waals surface area contributed by atoms with Gasteiger partial charge in [0.25, 0.3) is 0 Å². The van der Waals surface area contributed by atoms with E-state index >= 15 is 0 Å². The number of fused-ring (bicyclic) bond motifs is 1. The van der Waals surface area contributed by atoms with E-state index in [9.17, 15) is 0 Å². The second-order valence-corrected chi connectivity index (χ2v) is 11.0. The zero-order valence-corrected chi connectivity index (χ0v) is 24.5. The second kappa shape index (κ2) is 13.7. The molecule has 5 nitrogen and oxygen atoms in total. The summed E-state index contributed by atoms with van der Waals surface area (Å²) in [7, 11) is 4.16. The molecule has 38 heavy (non-hydrogen) atoms. The predicted octanol–water partition coefficient (Wildman–Crippen LogP) is 6.76. The Balaban J connectivity index is 0.00000200. The Labute approximate surface area is 240 Å². The standard InChI is InChI=1S/C31H39N3O2.2ClH/c1-4-16-31(17-18-31)23-35-29-13-11-26-28(32-36-30(26)27(29)22-33(2)3)12-10-24-14-19-34(20-15-24)21-25-8-6-5-7-9-25;;/h5-9,11,13,24H,10,12,14-15,17-23H2,1-3H3;2*1H. The van der Waals surface area contributed by atoms with Gasteiger partial charge in [-0.05, 0) is 96.2 Å². The summed E-state index contributed by atoms with van der Waals surface area (Å²) in [6, 6.07) is 15.1. The van der Waals surface area contributed by atoms with Crippen molar-refractivity contribution in [1.82, 2.24) is 15.0 Å². The van der Waals surface area contributed by atoms with Crippen molar-refractivity contribution >= 4 is 35.8 Å². The van der Waals surface area contributed by atoms with E-state index in [1.807, 2.05) is 6.92 Å². The van der Waals surface area contributed by atoms with Crippen molar-refractivity contribution in [3.05, 3.63) is 59.3 Å². The number of benzene rings is 2. The maximum absolute atomic E-state index is 6.32. The summed E-state index contributed by atoms with van der Waals surface area (Å²) in [6.45, 7) is 6.73. The molecular weight excluding hydrogens is 517 g/mol. The molecule has 5 rings (SSSR count). The zero-order chi connectivity index (χ0) is 25.0. The minimum atomic E-state index is 0. The van der Waals surface area contributed by atoms with Crippen LogP contribution >= 0.6 is 24.8 Å². The molecule has 2 fully saturated rings. The van der Waals surface area contributed by atoms with Crippen LogP contribution in [-0.2, 0) is 19.5 Å². The summed E-state index contributed by atoms with van der Waals surface area (Å²) in [5.74, 6) is 8.06. The first-order chi connectivity index (χ1) is 17.5. The molecule has 2 aliphatic rings. The lowest BCUT2D eigenvalue weighted by atomic mass is 9.91. The van der Waals surface area contributed by atoms with E-state index in [-0.39, 0.29) is 30.2 Å². The molecular formula is C31H41Cl2N3O2. The van der Waals surface area contributed by atoms with Gasteiger partial charge in [0.2, 0.25) is 0 Å². The van der Waals surface area contributed by atoms with Crippen LogP contribution in [0.3, 0.4) is 0 Å². The molecule has 0 bridgehead atoms. The highest BCUT2D eigenvalue weighted by molar-refractivity contribution is 5.86. The van der Waals surface area contributed by atoms with Crippen molar-refractivity contribution in [2.45, 2.75) is 58.5 Å². The summed E-state index contributed by atoms with van der Waals surface area (Å²) in [5.41, 5.74) is 4.50. The van der Waals surface area contributed by atoms with E-state index in [1.165, 1.54) is 37.9 Å². The quantitative estimate of drug-likeness (QED) is 0.257. The van der Waals surface area contributed by atoms with Crippen molar-refractivity contribution in [2.24, 2.45) is 11.3 Å². The first kappa shape index (κ1) is 30.3. The van der Waals surface area contributed by atoms with Crippen LogP contribution in [0.5, 0.6) is 5.75 Å². The van der Waals surface area contributed by atoms with Crippen LogP contribution in [0, 0.1) is 23.2 Å². The van der Waals surface area contributed by atoms with Crippen molar-refractivity contribution in [3.63, 3.8) is 0 Å². The molecule has 0 unspecified atom stereocenters. The number of rotatable bonds is 10. The monoisotopic (exact) mass is 557 g/mol. The zero-order valence-electron chi connectivity index (χ0n) is 22.9. The molecule has 2 heterocycles. The molecule has 1 aliphatic carbocycles. The molecule has 3 aromatic rings. The molecule has 206 valence electrons. The number of aromatic nitrogens is 1. The molecule has 1 aromatic heterocycles. The highest BCUT2D eigenvalue weighted by Gasteiger charge is 2.42. The number of piperidine rings is 1. The minimum absolute atomic E-state index is 0. The van der Waals surface area contributed by atoms with Crippen LogP contribution in [0.2, 0.25) is 0 Å². The smallest absolute Gasteiger partial charge is 0.175 e. The van der Waals surface area contributed by atoms with Crippen LogP contribution in [0.25, 0.3) is 11.0 Å². The van der Waals surface area contributed by atoms with Gasteiger partial charge >= 0.3 is 0 Å². The van der Waals surface area contributed by atoms with Gasteiger partial charge in [-0.1, -0.05) is 41.4 Å². The van der Waals surface area contributed by atoms with Crippen molar-refractivity contribution in [2.75, 3.05) is 33.8 Å². The van der Waals surface area contributed by atoms with Crippen molar-refractivity contribution in [1.29, 1.82) is 0 Å². The maximum atomic E-state index is 6.32. The molecule has 1 saturated carbocycles. The van der Waals surface area contributed by atoms with E-state index < -0.39 is 0 Å². The summed E-state index contributed by atoms with van der Waals surface area (Å²) < 4.78 is 12.3. The Morgan fingerprint density at radius 2 is 1.82 bits per heavy atom. The van der Waals surface area contributed by atoms with E-state index in [4.69, 9.17) is 9.26 Å².